The average Bonchev–Trinajstić information content (AvgIpc) is 3.41. The van der Waals surface area contributed by atoms with Crippen molar-refractivity contribution in [2.75, 3.05) is 26.7 Å². The molecule has 1 atom stereocenters. The fourth-order valence-electron chi connectivity index (χ4n) is 8.50. The van der Waals surface area contributed by atoms with Gasteiger partial charge in [-0.25, -0.2) is 0 Å². The highest BCUT2D eigenvalue weighted by molar-refractivity contribution is 4.95. The van der Waals surface area contributed by atoms with Crippen molar-refractivity contribution in [1.82, 2.24) is 4.90 Å². The van der Waals surface area contributed by atoms with E-state index in [1.807, 2.05) is 0 Å². The van der Waals surface area contributed by atoms with Crippen LogP contribution in [-0.4, -0.2) is 43.0 Å². The average molecular weight is 662 g/mol. The van der Waals surface area contributed by atoms with Gasteiger partial charge < -0.3 is 14.4 Å². The Hall–Kier alpha value is -0.120. The Morgan fingerprint density at radius 1 is 0.447 bits per heavy atom. The van der Waals surface area contributed by atoms with E-state index >= 15 is 0 Å². The van der Waals surface area contributed by atoms with Crippen LogP contribution in [0, 0.1) is 0 Å². The highest BCUT2D eigenvalue weighted by Crippen LogP contribution is 2.43. The quantitative estimate of drug-likeness (QED) is 0.0641. The van der Waals surface area contributed by atoms with E-state index in [9.17, 15) is 0 Å². The summed E-state index contributed by atoms with van der Waals surface area (Å²) >= 11 is 0. The second-order valence-electron chi connectivity index (χ2n) is 16.4. The molecule has 2 saturated heterocycles. The molecule has 2 aliphatic heterocycles. The number of hydrogen-bond donors (Lipinski definition) is 0. The molecular formula is C44H87NO2. The summed E-state index contributed by atoms with van der Waals surface area (Å²) in [6, 6.07) is 0. The molecule has 280 valence electrons. The number of hydrogen-bond acceptors (Lipinski definition) is 3. The number of rotatable bonds is 34. The summed E-state index contributed by atoms with van der Waals surface area (Å²) in [5.41, 5.74) is -0.0445. The van der Waals surface area contributed by atoms with Crippen molar-refractivity contribution in [3.05, 3.63) is 0 Å². The number of nitrogens with zero attached hydrogens (tertiary/aromatic N) is 1. The minimum absolute atomic E-state index is 0.0445. The Morgan fingerprint density at radius 2 is 0.766 bits per heavy atom. The molecule has 2 rings (SSSR count). The number of unbranched alkanes of at least 4 members (excludes halogenated alkanes) is 30. The Labute approximate surface area is 296 Å². The van der Waals surface area contributed by atoms with E-state index in [0.29, 0.717) is 0 Å². The molecule has 0 aromatic carbocycles. The molecule has 2 heterocycles. The summed E-state index contributed by atoms with van der Waals surface area (Å²) in [5.74, 6) is -0.301. The molecule has 0 saturated carbocycles. The van der Waals surface area contributed by atoms with Gasteiger partial charge in [0, 0.05) is 19.4 Å². The van der Waals surface area contributed by atoms with Crippen molar-refractivity contribution in [2.45, 2.75) is 256 Å². The molecule has 2 aliphatic rings. The van der Waals surface area contributed by atoms with Gasteiger partial charge in [0.2, 0.25) is 0 Å². The first-order valence-electron chi connectivity index (χ1n) is 22.2. The van der Waals surface area contributed by atoms with Gasteiger partial charge in [0.15, 0.2) is 5.79 Å². The van der Waals surface area contributed by atoms with Crippen LogP contribution < -0.4 is 0 Å². The minimum Gasteiger partial charge on any atom is -0.347 e. The standard InChI is InChI=1S/C44H87NO2/c1-4-6-8-10-12-14-16-18-20-22-24-26-28-30-32-34-38-44(46-42-43(47-44)37-36-40-45(3)41-43)39-35-33-31-29-27-25-23-21-19-17-15-13-11-9-7-5-2/h4-42H2,1-3H3. The molecular weight excluding hydrogens is 574 g/mol. The Bertz CT molecular complexity index is 631. The fourth-order valence-corrected chi connectivity index (χ4v) is 8.50. The Morgan fingerprint density at radius 3 is 1.09 bits per heavy atom. The van der Waals surface area contributed by atoms with Gasteiger partial charge in [-0.05, 0) is 39.3 Å². The third-order valence-electron chi connectivity index (χ3n) is 11.6. The van der Waals surface area contributed by atoms with Crippen molar-refractivity contribution in [3.63, 3.8) is 0 Å². The van der Waals surface area contributed by atoms with Crippen LogP contribution in [0.5, 0.6) is 0 Å². The normalized spacial score (nSPS) is 19.7. The largest absolute Gasteiger partial charge is 0.347 e. The lowest BCUT2D eigenvalue weighted by molar-refractivity contribution is -0.204. The Kier molecular flexibility index (Phi) is 27.1. The molecule has 0 bridgehead atoms. The zero-order chi connectivity index (χ0) is 33.6. The monoisotopic (exact) mass is 662 g/mol. The minimum atomic E-state index is -0.301. The van der Waals surface area contributed by atoms with Gasteiger partial charge in [0.05, 0.1) is 6.61 Å². The molecule has 1 unspecified atom stereocenters. The third-order valence-corrected chi connectivity index (χ3v) is 11.6. The summed E-state index contributed by atoms with van der Waals surface area (Å²) in [6.07, 6.45) is 50.2. The highest BCUT2D eigenvalue weighted by Gasteiger charge is 2.50. The molecule has 2 fully saturated rings. The van der Waals surface area contributed by atoms with Crippen molar-refractivity contribution >= 4 is 0 Å². The van der Waals surface area contributed by atoms with Crippen LogP contribution in [-0.2, 0) is 9.47 Å². The smallest absolute Gasteiger partial charge is 0.169 e. The number of ether oxygens (including phenoxy) is 2. The van der Waals surface area contributed by atoms with Crippen LogP contribution in [0.4, 0.5) is 0 Å². The fraction of sp³-hybridized carbons (Fsp3) is 1.00. The van der Waals surface area contributed by atoms with Crippen LogP contribution in [0.1, 0.15) is 245 Å². The van der Waals surface area contributed by atoms with Crippen molar-refractivity contribution in [1.29, 1.82) is 0 Å². The van der Waals surface area contributed by atoms with E-state index in [0.717, 1.165) is 26.0 Å². The lowest BCUT2D eigenvalue weighted by atomic mass is 9.93. The van der Waals surface area contributed by atoms with E-state index in [1.54, 1.807) is 0 Å². The van der Waals surface area contributed by atoms with E-state index in [-0.39, 0.29) is 11.4 Å². The predicted molar refractivity (Wildman–Crippen MR) is 208 cm³/mol. The second kappa shape index (κ2) is 29.6. The van der Waals surface area contributed by atoms with Crippen molar-refractivity contribution in [3.8, 4) is 0 Å². The molecule has 3 heteroatoms. The number of likely N-dealkylation sites (N-methyl/N-ethyl adjacent to an activating group) is 1. The zero-order valence-electron chi connectivity index (χ0n) is 32.8. The van der Waals surface area contributed by atoms with Gasteiger partial charge in [-0.3, -0.25) is 0 Å². The van der Waals surface area contributed by atoms with E-state index in [2.05, 4.69) is 25.8 Å². The maximum absolute atomic E-state index is 7.03. The summed E-state index contributed by atoms with van der Waals surface area (Å²) in [7, 11) is 2.26. The van der Waals surface area contributed by atoms with Gasteiger partial charge in [-0.1, -0.05) is 206 Å². The molecule has 0 aliphatic carbocycles. The first-order valence-corrected chi connectivity index (χ1v) is 22.2. The van der Waals surface area contributed by atoms with Gasteiger partial charge in [-0.2, -0.15) is 0 Å². The molecule has 47 heavy (non-hydrogen) atoms. The van der Waals surface area contributed by atoms with Crippen molar-refractivity contribution < 1.29 is 9.47 Å². The first kappa shape index (κ1) is 43.0. The van der Waals surface area contributed by atoms with Gasteiger partial charge in [0.25, 0.3) is 0 Å². The maximum Gasteiger partial charge on any atom is 0.169 e. The van der Waals surface area contributed by atoms with Gasteiger partial charge in [-0.15, -0.1) is 0 Å². The molecule has 0 N–H and O–H groups in total. The Balaban J connectivity index is 1.50. The molecule has 0 amide bonds. The van der Waals surface area contributed by atoms with Gasteiger partial charge in [0.1, 0.15) is 5.60 Å². The second-order valence-corrected chi connectivity index (χ2v) is 16.4. The van der Waals surface area contributed by atoms with Gasteiger partial charge >= 0.3 is 0 Å². The molecule has 0 radical (unpaired) electrons. The molecule has 0 aromatic rings. The molecule has 0 aromatic heterocycles. The SMILES string of the molecule is CCCCCCCCCCCCCCCCCCC1(CCCCCCCCCCCCCCCCCC)OCC2(CCCN(C)C2)O1. The van der Waals surface area contributed by atoms with Crippen LogP contribution in [0.25, 0.3) is 0 Å². The summed E-state index contributed by atoms with van der Waals surface area (Å²) in [5, 5.41) is 0. The molecule has 1 spiro atoms. The maximum atomic E-state index is 7.03. The van der Waals surface area contributed by atoms with E-state index in [4.69, 9.17) is 9.47 Å². The van der Waals surface area contributed by atoms with Crippen LogP contribution in [0.2, 0.25) is 0 Å². The summed E-state index contributed by atoms with van der Waals surface area (Å²) < 4.78 is 13.7. The number of piperidine rings is 1. The summed E-state index contributed by atoms with van der Waals surface area (Å²) in [6.45, 7) is 7.68. The summed E-state index contributed by atoms with van der Waals surface area (Å²) in [4.78, 5) is 2.46. The number of likely N-dealkylation sites (tertiary alicyclic amines) is 1. The predicted octanol–water partition coefficient (Wildman–Crippen LogP) is 14.5. The highest BCUT2D eigenvalue weighted by atomic mass is 16.8. The molecule has 3 nitrogen and oxygen atoms in total. The van der Waals surface area contributed by atoms with Crippen LogP contribution >= 0.6 is 0 Å². The first-order chi connectivity index (χ1) is 23.1. The zero-order valence-corrected chi connectivity index (χ0v) is 32.8. The third kappa shape index (κ3) is 22.3. The van der Waals surface area contributed by atoms with E-state index < -0.39 is 0 Å². The van der Waals surface area contributed by atoms with E-state index in [1.165, 1.54) is 225 Å². The van der Waals surface area contributed by atoms with Crippen molar-refractivity contribution in [2.24, 2.45) is 0 Å². The lowest BCUT2D eigenvalue weighted by Crippen LogP contribution is -2.49. The topological polar surface area (TPSA) is 21.7 Å². The lowest BCUT2D eigenvalue weighted by Gasteiger charge is -2.39. The van der Waals surface area contributed by atoms with Crippen LogP contribution in [0.15, 0.2) is 0 Å². The van der Waals surface area contributed by atoms with Crippen LogP contribution in [0.3, 0.4) is 0 Å².